The van der Waals surface area contributed by atoms with Crippen LogP contribution in [0.25, 0.3) is 22.0 Å². The maximum atomic E-state index is 15.4. The molecule has 10 nitrogen and oxygen atoms in total. The van der Waals surface area contributed by atoms with Crippen LogP contribution in [-0.4, -0.2) is 40.2 Å². The maximum Gasteiger partial charge on any atom is 0.237 e. The maximum absolute atomic E-state index is 15.4. The minimum atomic E-state index is -0.564. The highest BCUT2D eigenvalue weighted by Gasteiger charge is 2.46. The number of anilines is 4. The Morgan fingerprint density at radius 1 is 1.22 bits per heavy atom. The third-order valence-electron chi connectivity index (χ3n) is 6.85. The number of aromatic nitrogens is 4. The molecule has 0 atom stereocenters. The van der Waals surface area contributed by atoms with E-state index < -0.39 is 11.2 Å². The van der Waals surface area contributed by atoms with Crippen molar-refractivity contribution in [1.29, 1.82) is 5.26 Å². The molecule has 1 aliphatic carbocycles. The largest absolute Gasteiger partial charge is 0.480 e. The molecule has 0 radical (unpaired) electrons. The van der Waals surface area contributed by atoms with Crippen LogP contribution in [0, 0.1) is 24.1 Å². The third-order valence-corrected chi connectivity index (χ3v) is 6.85. The molecule has 2 aliphatic rings. The summed E-state index contributed by atoms with van der Waals surface area (Å²) in [6.07, 6.45) is 4.62. The molecule has 0 amide bonds. The Kier molecular flexibility index (Phi) is 5.19. The number of nitriles is 1. The predicted octanol–water partition coefficient (Wildman–Crippen LogP) is 4.23. The fraction of sp³-hybridized carbons (Fsp3) is 0.269. The number of ether oxygens (including phenoxy) is 2. The van der Waals surface area contributed by atoms with Crippen LogP contribution in [0.15, 0.2) is 30.6 Å². The van der Waals surface area contributed by atoms with Crippen molar-refractivity contribution < 1.29 is 13.9 Å². The number of nitrogens with zero attached hydrogens (tertiary/aromatic N) is 5. The minimum Gasteiger partial charge on any atom is -0.480 e. The van der Waals surface area contributed by atoms with Crippen molar-refractivity contribution in [2.45, 2.75) is 25.2 Å². The fourth-order valence-corrected chi connectivity index (χ4v) is 4.55. The summed E-state index contributed by atoms with van der Waals surface area (Å²) >= 11 is 0. The first-order valence-corrected chi connectivity index (χ1v) is 11.8. The Morgan fingerprint density at radius 2 is 2.05 bits per heavy atom. The molecule has 1 aromatic carbocycles. The summed E-state index contributed by atoms with van der Waals surface area (Å²) in [5.74, 6) is 0.513. The number of nitrogens with one attached hydrogen (secondary N) is 2. The normalized spacial score (nSPS) is 15.2. The fourth-order valence-electron chi connectivity index (χ4n) is 4.55. The van der Waals surface area contributed by atoms with Crippen LogP contribution < -0.4 is 25.8 Å². The number of hydrogen-bond acceptors (Lipinski definition) is 10. The van der Waals surface area contributed by atoms with Gasteiger partial charge in [-0.05, 0) is 43.5 Å². The number of pyridine rings is 2. The smallest absolute Gasteiger partial charge is 0.237 e. The molecule has 3 aromatic heterocycles. The van der Waals surface area contributed by atoms with E-state index in [1.807, 2.05) is 6.92 Å². The van der Waals surface area contributed by atoms with Crippen molar-refractivity contribution >= 4 is 33.9 Å². The average molecular weight is 499 g/mol. The number of fused-ring (bicyclic) bond motifs is 2. The summed E-state index contributed by atoms with van der Waals surface area (Å²) in [6, 6.07) is 7.56. The molecule has 1 fully saturated rings. The van der Waals surface area contributed by atoms with Crippen molar-refractivity contribution in [1.82, 2.24) is 19.9 Å². The molecule has 1 aliphatic heterocycles. The van der Waals surface area contributed by atoms with E-state index in [-0.39, 0.29) is 17.2 Å². The molecular formula is C26H23FN8O2. The van der Waals surface area contributed by atoms with Crippen molar-refractivity contribution in [3.63, 3.8) is 0 Å². The molecule has 4 heterocycles. The summed E-state index contributed by atoms with van der Waals surface area (Å²) in [5.41, 5.74) is 9.68. The Hall–Kier alpha value is -4.72. The van der Waals surface area contributed by atoms with Crippen molar-refractivity contribution in [3.8, 4) is 29.0 Å². The van der Waals surface area contributed by atoms with Crippen LogP contribution in [0.1, 0.15) is 24.1 Å². The van der Waals surface area contributed by atoms with Crippen LogP contribution in [0.2, 0.25) is 0 Å². The van der Waals surface area contributed by atoms with Crippen LogP contribution in [0.3, 0.4) is 0 Å². The zero-order valence-electron chi connectivity index (χ0n) is 20.2. The zero-order valence-corrected chi connectivity index (χ0v) is 20.2. The van der Waals surface area contributed by atoms with E-state index in [1.54, 1.807) is 24.4 Å². The average Bonchev–Trinajstić information content (AvgIpc) is 3.73. The number of methoxy groups -OCH3 is 1. The molecule has 11 heteroatoms. The molecule has 4 N–H and O–H groups in total. The number of hydrogen-bond donors (Lipinski definition) is 3. The number of benzene rings is 1. The van der Waals surface area contributed by atoms with Gasteiger partial charge < -0.3 is 25.8 Å². The molecule has 4 aromatic rings. The van der Waals surface area contributed by atoms with Gasteiger partial charge in [0.05, 0.1) is 35.5 Å². The first-order chi connectivity index (χ1) is 17.9. The van der Waals surface area contributed by atoms with Gasteiger partial charge in [-0.2, -0.15) is 5.26 Å². The quantitative estimate of drug-likeness (QED) is 0.342. The second kappa shape index (κ2) is 8.44. The minimum absolute atomic E-state index is 0.0461. The first kappa shape index (κ1) is 22.7. The van der Waals surface area contributed by atoms with Crippen LogP contribution in [0.4, 0.5) is 27.4 Å². The summed E-state index contributed by atoms with van der Waals surface area (Å²) in [5, 5.41) is 16.3. The lowest BCUT2D eigenvalue weighted by Crippen LogP contribution is -2.20. The highest BCUT2D eigenvalue weighted by Crippen LogP contribution is 2.47. The molecule has 37 heavy (non-hydrogen) atoms. The van der Waals surface area contributed by atoms with E-state index in [2.05, 4.69) is 36.6 Å². The molecular weight excluding hydrogens is 475 g/mol. The van der Waals surface area contributed by atoms with Gasteiger partial charge in [-0.15, -0.1) is 0 Å². The van der Waals surface area contributed by atoms with Crippen molar-refractivity contribution in [3.05, 3.63) is 47.7 Å². The second-order valence-electron chi connectivity index (χ2n) is 9.10. The van der Waals surface area contributed by atoms with E-state index in [1.165, 1.54) is 13.3 Å². The lowest BCUT2D eigenvalue weighted by Gasteiger charge is -2.22. The van der Waals surface area contributed by atoms with Crippen LogP contribution in [0.5, 0.6) is 11.8 Å². The lowest BCUT2D eigenvalue weighted by molar-refractivity contribution is 0.310. The van der Waals surface area contributed by atoms with E-state index >= 15 is 4.39 Å². The second-order valence-corrected chi connectivity index (χ2v) is 9.10. The number of rotatable bonds is 5. The molecule has 6 rings (SSSR count). The Bertz CT molecular complexity index is 1610. The summed E-state index contributed by atoms with van der Waals surface area (Å²) in [4.78, 5) is 17.8. The van der Waals surface area contributed by atoms with E-state index in [0.29, 0.717) is 52.8 Å². The molecule has 0 spiro atoms. The van der Waals surface area contributed by atoms with Gasteiger partial charge in [0, 0.05) is 35.5 Å². The van der Waals surface area contributed by atoms with E-state index in [0.717, 1.165) is 24.1 Å². The van der Waals surface area contributed by atoms with Gasteiger partial charge in [-0.25, -0.2) is 24.3 Å². The van der Waals surface area contributed by atoms with Crippen LogP contribution in [-0.2, 0) is 5.41 Å². The molecule has 0 bridgehead atoms. The molecule has 0 saturated heterocycles. The van der Waals surface area contributed by atoms with Gasteiger partial charge in [0.25, 0.3) is 0 Å². The molecule has 0 unspecified atom stereocenters. The van der Waals surface area contributed by atoms with E-state index in [4.69, 9.17) is 15.2 Å². The van der Waals surface area contributed by atoms with Gasteiger partial charge in [-0.1, -0.05) is 0 Å². The van der Waals surface area contributed by atoms with Crippen LogP contribution >= 0.6 is 0 Å². The lowest BCUT2D eigenvalue weighted by atomic mass is 9.98. The van der Waals surface area contributed by atoms with Gasteiger partial charge in [0.15, 0.2) is 5.82 Å². The van der Waals surface area contributed by atoms with Gasteiger partial charge in [0.1, 0.15) is 18.0 Å². The topological polar surface area (TPSA) is 144 Å². The predicted molar refractivity (Wildman–Crippen MR) is 136 cm³/mol. The standard InChI is InChI=1S/C26H23FN8O2/c1-13-15(10-31-24-22(13)30-7-8-37-24)14-9-18-16(21(29)20(14)27)11-32-25(34-18)33-17-3-4-19(35-23(17)36-2)26(12-28)5-6-26/h3-4,9-11,30H,5-8,29H2,1-2H3,(H,32,33,34). The Labute approximate surface area is 211 Å². The Balaban J connectivity index is 1.39. The van der Waals surface area contributed by atoms with Gasteiger partial charge in [0.2, 0.25) is 17.7 Å². The third kappa shape index (κ3) is 3.69. The van der Waals surface area contributed by atoms with Crippen molar-refractivity contribution in [2.75, 3.05) is 36.6 Å². The number of halogens is 1. The highest BCUT2D eigenvalue weighted by molar-refractivity contribution is 5.96. The first-order valence-electron chi connectivity index (χ1n) is 11.8. The van der Waals surface area contributed by atoms with Crippen molar-refractivity contribution in [2.24, 2.45) is 0 Å². The number of nitrogens with two attached hydrogens (primary N) is 1. The molecule has 1 saturated carbocycles. The monoisotopic (exact) mass is 498 g/mol. The van der Waals surface area contributed by atoms with Gasteiger partial charge >= 0.3 is 0 Å². The highest BCUT2D eigenvalue weighted by atomic mass is 19.1. The van der Waals surface area contributed by atoms with Gasteiger partial charge in [-0.3, -0.25) is 0 Å². The SMILES string of the molecule is COc1nc(C2(C#N)CC2)ccc1Nc1ncc2c(N)c(F)c(-c3cnc4c(c3C)NCCO4)cc2n1. The van der Waals surface area contributed by atoms with E-state index in [9.17, 15) is 5.26 Å². The Morgan fingerprint density at radius 3 is 2.81 bits per heavy atom. The summed E-state index contributed by atoms with van der Waals surface area (Å²) in [6.45, 7) is 3.04. The molecule has 186 valence electrons. The summed E-state index contributed by atoms with van der Waals surface area (Å²) in [7, 11) is 1.51. The summed E-state index contributed by atoms with van der Waals surface area (Å²) < 4.78 is 26.5. The number of nitrogen functional groups attached to an aromatic ring is 1. The zero-order chi connectivity index (χ0) is 25.7.